The highest BCUT2D eigenvalue weighted by molar-refractivity contribution is 7.86. The first-order chi connectivity index (χ1) is 19.6. The number of phenols is 2. The van der Waals surface area contributed by atoms with E-state index in [2.05, 4.69) is 20.5 Å². The van der Waals surface area contributed by atoms with Gasteiger partial charge in [-0.05, 0) is 66.0 Å². The average molecular weight is 615 g/mol. The fourth-order valence-corrected chi connectivity index (χ4v) is 5.21. The van der Waals surface area contributed by atoms with Crippen molar-refractivity contribution in [1.82, 2.24) is 0 Å². The predicted octanol–water partition coefficient (Wildman–Crippen LogP) is 5.71. The van der Waals surface area contributed by atoms with Crippen LogP contribution in [0.1, 0.15) is 0 Å². The molecule has 0 aliphatic carbocycles. The molecule has 0 aromatic heterocycles. The van der Waals surface area contributed by atoms with Gasteiger partial charge in [-0.2, -0.15) is 27.1 Å². The molecule has 0 aliphatic heterocycles. The molecular formula is C26H26N6O8S2. The maximum Gasteiger partial charge on any atom is 0.296 e. The summed E-state index contributed by atoms with van der Waals surface area (Å²) in [6, 6.07) is 14.7. The molecule has 4 N–H and O–H groups in total. The summed E-state index contributed by atoms with van der Waals surface area (Å²) >= 11 is 0. The van der Waals surface area contributed by atoms with Crippen LogP contribution >= 0.6 is 0 Å². The minimum Gasteiger partial charge on any atom is -0.505 e. The van der Waals surface area contributed by atoms with Gasteiger partial charge in [0.2, 0.25) is 0 Å². The van der Waals surface area contributed by atoms with E-state index in [1.54, 1.807) is 48.5 Å². The van der Waals surface area contributed by atoms with Crippen LogP contribution in [0.2, 0.25) is 0 Å². The van der Waals surface area contributed by atoms with Gasteiger partial charge in [-0.1, -0.05) is 0 Å². The Bertz CT molecular complexity index is 1800. The molecule has 4 rings (SSSR count). The molecule has 14 nitrogen and oxygen atoms in total. The molecular weight excluding hydrogens is 588 g/mol. The summed E-state index contributed by atoms with van der Waals surface area (Å²) in [5, 5.41) is 36.8. The second-order valence-electron chi connectivity index (χ2n) is 9.41. The van der Waals surface area contributed by atoms with Crippen molar-refractivity contribution in [2.75, 3.05) is 38.0 Å². The van der Waals surface area contributed by atoms with Crippen LogP contribution in [0.5, 0.6) is 11.5 Å². The second kappa shape index (κ2) is 11.3. The lowest BCUT2D eigenvalue weighted by molar-refractivity contribution is 0.458. The van der Waals surface area contributed by atoms with E-state index in [0.717, 1.165) is 23.5 Å². The van der Waals surface area contributed by atoms with Crippen LogP contribution in [0.3, 0.4) is 0 Å². The molecule has 0 radical (unpaired) electrons. The highest BCUT2D eigenvalue weighted by Crippen LogP contribution is 2.50. The van der Waals surface area contributed by atoms with E-state index in [9.17, 15) is 36.2 Å². The molecule has 4 aromatic rings. The summed E-state index contributed by atoms with van der Waals surface area (Å²) in [5.74, 6) is -1.92. The standard InChI is InChI=1S/C26H26N6O8S2/c1-31(2)18-9-5-16(6-10-18)27-29-23-20(41(35,36)37)13-15-14-21(42(38,39)40)24(26(34)22(15)25(23)33)30-28-17-7-11-19(12-8-17)32(3)4/h5-14,33-34H,1-4H3,(H,35,36,37)(H,38,39,40). The van der Waals surface area contributed by atoms with Crippen LogP contribution in [-0.4, -0.2) is 64.3 Å². The highest BCUT2D eigenvalue weighted by atomic mass is 32.2. The maximum atomic E-state index is 12.2. The summed E-state index contributed by atoms with van der Waals surface area (Å²) in [7, 11) is -2.79. The van der Waals surface area contributed by atoms with Gasteiger partial charge in [-0.15, -0.1) is 10.2 Å². The van der Waals surface area contributed by atoms with Gasteiger partial charge in [0.05, 0.1) is 16.8 Å². The van der Waals surface area contributed by atoms with E-state index >= 15 is 0 Å². The zero-order valence-electron chi connectivity index (χ0n) is 22.7. The lowest BCUT2D eigenvalue weighted by Crippen LogP contribution is -2.07. The molecule has 0 fully saturated rings. The van der Waals surface area contributed by atoms with Gasteiger partial charge >= 0.3 is 0 Å². The zero-order chi connectivity index (χ0) is 31.0. The van der Waals surface area contributed by atoms with Crippen molar-refractivity contribution < 1.29 is 36.2 Å². The number of rotatable bonds is 8. The smallest absolute Gasteiger partial charge is 0.296 e. The molecule has 0 amide bonds. The summed E-state index contributed by atoms with van der Waals surface area (Å²) < 4.78 is 68.5. The normalized spacial score (nSPS) is 12.4. The maximum absolute atomic E-state index is 12.2. The first kappa shape index (κ1) is 30.3. The number of fused-ring (bicyclic) bond motifs is 1. The fraction of sp³-hybridized carbons (Fsp3) is 0.154. The Balaban J connectivity index is 1.94. The van der Waals surface area contributed by atoms with Crippen molar-refractivity contribution in [2.45, 2.75) is 9.79 Å². The SMILES string of the molecule is CN(C)c1ccc(N=Nc2c(S(=O)(=O)O)cc3cc(S(=O)(=O)O)c(N=Nc4ccc(N(C)C)cc4)c(O)c3c2O)cc1. The Hall–Kier alpha value is -4.64. The van der Waals surface area contributed by atoms with Crippen LogP contribution in [0, 0.1) is 0 Å². The van der Waals surface area contributed by atoms with E-state index in [1.165, 1.54) is 0 Å². The minimum atomic E-state index is -5.06. The van der Waals surface area contributed by atoms with Gasteiger partial charge in [0.15, 0.2) is 11.5 Å². The Morgan fingerprint density at radius 2 is 0.905 bits per heavy atom. The van der Waals surface area contributed by atoms with Gasteiger partial charge in [-0.3, -0.25) is 9.11 Å². The molecule has 0 atom stereocenters. The summed E-state index contributed by atoms with van der Waals surface area (Å²) in [4.78, 5) is 1.81. The molecule has 0 bridgehead atoms. The third kappa shape index (κ3) is 6.31. The van der Waals surface area contributed by atoms with Crippen molar-refractivity contribution in [3.8, 4) is 11.5 Å². The van der Waals surface area contributed by atoms with E-state index in [4.69, 9.17) is 0 Å². The Morgan fingerprint density at radius 3 is 1.19 bits per heavy atom. The minimum absolute atomic E-state index is 0.266. The van der Waals surface area contributed by atoms with Crippen LogP contribution in [0.15, 0.2) is 90.9 Å². The molecule has 0 unspecified atom stereocenters. The Labute approximate surface area is 241 Å². The van der Waals surface area contributed by atoms with Crippen LogP contribution in [0.4, 0.5) is 34.1 Å². The van der Waals surface area contributed by atoms with E-state index in [-0.39, 0.29) is 16.8 Å². The van der Waals surface area contributed by atoms with Gasteiger partial charge in [0.1, 0.15) is 21.2 Å². The Morgan fingerprint density at radius 1 is 0.571 bits per heavy atom. The third-order valence-electron chi connectivity index (χ3n) is 6.07. The topological polar surface area (TPSA) is 205 Å². The molecule has 4 aromatic carbocycles. The fourth-order valence-electron chi connectivity index (χ4n) is 3.90. The number of benzene rings is 4. The number of anilines is 2. The molecule has 0 spiro atoms. The lowest BCUT2D eigenvalue weighted by atomic mass is 10.1. The van der Waals surface area contributed by atoms with Crippen molar-refractivity contribution in [3.63, 3.8) is 0 Å². The van der Waals surface area contributed by atoms with Crippen LogP contribution < -0.4 is 9.80 Å². The van der Waals surface area contributed by atoms with Crippen LogP contribution in [-0.2, 0) is 20.2 Å². The van der Waals surface area contributed by atoms with Crippen molar-refractivity contribution in [3.05, 3.63) is 60.7 Å². The molecule has 16 heteroatoms. The molecule has 0 saturated heterocycles. The average Bonchev–Trinajstić information content (AvgIpc) is 2.90. The predicted molar refractivity (Wildman–Crippen MR) is 157 cm³/mol. The first-order valence-electron chi connectivity index (χ1n) is 12.0. The van der Waals surface area contributed by atoms with Crippen molar-refractivity contribution in [1.29, 1.82) is 0 Å². The number of aromatic hydroxyl groups is 2. The largest absolute Gasteiger partial charge is 0.505 e. The van der Waals surface area contributed by atoms with Crippen molar-refractivity contribution >= 4 is 65.1 Å². The van der Waals surface area contributed by atoms with E-state index in [0.29, 0.717) is 0 Å². The second-order valence-corrected chi connectivity index (χ2v) is 12.2. The summed E-state index contributed by atoms with van der Waals surface area (Å²) in [6.45, 7) is 0. The number of hydrogen-bond donors (Lipinski definition) is 4. The monoisotopic (exact) mass is 614 g/mol. The van der Waals surface area contributed by atoms with Crippen LogP contribution in [0.25, 0.3) is 10.8 Å². The third-order valence-corrected chi connectivity index (χ3v) is 7.80. The number of nitrogens with zero attached hydrogens (tertiary/aromatic N) is 6. The van der Waals surface area contributed by atoms with Gasteiger partial charge in [0, 0.05) is 39.6 Å². The molecule has 220 valence electrons. The number of azo groups is 2. The summed E-state index contributed by atoms with van der Waals surface area (Å²) in [6.07, 6.45) is 0. The van der Waals surface area contributed by atoms with E-state index < -0.39 is 58.3 Å². The molecule has 0 saturated carbocycles. The number of hydrogen-bond acceptors (Lipinski definition) is 12. The zero-order valence-corrected chi connectivity index (χ0v) is 24.3. The molecule has 0 heterocycles. The quantitative estimate of drug-likeness (QED) is 0.140. The lowest BCUT2D eigenvalue weighted by Gasteiger charge is -2.13. The first-order valence-corrected chi connectivity index (χ1v) is 14.8. The highest BCUT2D eigenvalue weighted by Gasteiger charge is 2.28. The molecule has 0 aliphatic rings. The van der Waals surface area contributed by atoms with Crippen molar-refractivity contribution in [2.24, 2.45) is 20.5 Å². The van der Waals surface area contributed by atoms with Gasteiger partial charge in [0.25, 0.3) is 20.2 Å². The Kier molecular flexibility index (Phi) is 8.18. The summed E-state index contributed by atoms with van der Waals surface area (Å²) in [5.41, 5.74) is 0.744. The molecule has 42 heavy (non-hydrogen) atoms. The number of phenolic OH excluding ortho intramolecular Hbond substituents is 2. The van der Waals surface area contributed by atoms with E-state index in [1.807, 2.05) is 38.0 Å². The van der Waals surface area contributed by atoms with Gasteiger partial charge < -0.3 is 20.0 Å². The van der Waals surface area contributed by atoms with Gasteiger partial charge in [-0.25, -0.2) is 0 Å².